The molecule has 0 bridgehead atoms. The van der Waals surface area contributed by atoms with E-state index in [9.17, 15) is 9.59 Å². The van der Waals surface area contributed by atoms with E-state index in [1.165, 1.54) is 11.1 Å². The van der Waals surface area contributed by atoms with E-state index in [2.05, 4.69) is 48.0 Å². The van der Waals surface area contributed by atoms with Gasteiger partial charge in [0.05, 0.1) is 0 Å². The van der Waals surface area contributed by atoms with Gasteiger partial charge in [-0.15, -0.1) is 0 Å². The summed E-state index contributed by atoms with van der Waals surface area (Å²) >= 11 is 3.57. The lowest BCUT2D eigenvalue weighted by Gasteiger charge is -2.36. The van der Waals surface area contributed by atoms with Gasteiger partial charge in [0, 0.05) is 47.0 Å². The third kappa shape index (κ3) is 4.42. The Hall–Kier alpha value is -2.60. The van der Waals surface area contributed by atoms with E-state index < -0.39 is 5.60 Å². The summed E-state index contributed by atoms with van der Waals surface area (Å²) < 4.78 is 12.9. The van der Waals surface area contributed by atoms with Crippen molar-refractivity contribution in [3.05, 3.63) is 68.7 Å². The number of fused-ring (bicyclic) bond motifs is 3. The minimum atomic E-state index is -0.496. The average Bonchev–Trinajstić information content (AvgIpc) is 3.17. The first-order valence-electron chi connectivity index (χ1n) is 12.3. The van der Waals surface area contributed by atoms with Crippen LogP contribution in [-0.4, -0.2) is 41.6 Å². The molecule has 1 amide bonds. The van der Waals surface area contributed by atoms with Crippen LogP contribution >= 0.6 is 15.9 Å². The summed E-state index contributed by atoms with van der Waals surface area (Å²) in [7, 11) is 0. The van der Waals surface area contributed by atoms with Gasteiger partial charge in [-0.25, -0.2) is 4.79 Å². The molecule has 6 heteroatoms. The molecular formula is C29H32BrNO4. The molecule has 5 nitrogen and oxygen atoms in total. The zero-order valence-corrected chi connectivity index (χ0v) is 22.6. The fourth-order valence-corrected chi connectivity index (χ4v) is 5.88. The molecule has 1 saturated heterocycles. The summed E-state index contributed by atoms with van der Waals surface area (Å²) in [6, 6.07) is 12.1. The lowest BCUT2D eigenvalue weighted by molar-refractivity contribution is 0.0126. The topological polar surface area (TPSA) is 55.8 Å². The Balaban J connectivity index is 1.33. The van der Waals surface area contributed by atoms with Crippen molar-refractivity contribution >= 4 is 33.4 Å². The number of nitrogens with zero attached hydrogens (tertiary/aromatic N) is 1. The van der Waals surface area contributed by atoms with Gasteiger partial charge in [0.1, 0.15) is 17.5 Å². The van der Waals surface area contributed by atoms with Crippen LogP contribution in [0.2, 0.25) is 0 Å². The molecule has 0 spiro atoms. The van der Waals surface area contributed by atoms with E-state index in [1.54, 1.807) is 4.90 Å². The number of likely N-dealkylation sites (tertiary alicyclic amines) is 1. The number of allylic oxidation sites excluding steroid dienone is 2. The maximum atomic E-state index is 13.6. The summed E-state index contributed by atoms with van der Waals surface area (Å²) in [5.41, 5.74) is 5.33. The molecule has 0 unspecified atom stereocenters. The van der Waals surface area contributed by atoms with Gasteiger partial charge >= 0.3 is 6.09 Å². The fraction of sp³-hybridized carbons (Fsp3) is 0.448. The molecule has 0 aromatic heterocycles. The fourth-order valence-electron chi connectivity index (χ4n) is 5.47. The Morgan fingerprint density at radius 2 is 1.74 bits per heavy atom. The van der Waals surface area contributed by atoms with Gasteiger partial charge < -0.3 is 14.4 Å². The smallest absolute Gasteiger partial charge is 0.410 e. The van der Waals surface area contributed by atoms with Crippen molar-refractivity contribution in [2.24, 2.45) is 0 Å². The van der Waals surface area contributed by atoms with E-state index in [4.69, 9.17) is 9.47 Å². The van der Waals surface area contributed by atoms with Crippen molar-refractivity contribution in [2.75, 3.05) is 13.1 Å². The van der Waals surface area contributed by atoms with Crippen LogP contribution in [0.1, 0.15) is 74.5 Å². The second-order valence-electron chi connectivity index (χ2n) is 11.3. The molecule has 2 aromatic rings. The second-order valence-corrected chi connectivity index (χ2v) is 12.2. The number of carbonyl (C=O) groups is 2. The zero-order chi connectivity index (χ0) is 25.1. The number of ether oxygens (including phenoxy) is 2. The number of halogens is 1. The first-order chi connectivity index (χ1) is 16.4. The van der Waals surface area contributed by atoms with E-state index in [1.807, 2.05) is 39.0 Å². The van der Waals surface area contributed by atoms with Gasteiger partial charge in [0.15, 0.2) is 5.78 Å². The van der Waals surface area contributed by atoms with E-state index in [-0.39, 0.29) is 23.4 Å². The normalized spacial score (nSPS) is 19.3. The van der Waals surface area contributed by atoms with E-state index in [0.717, 1.165) is 51.7 Å². The number of amides is 1. The zero-order valence-electron chi connectivity index (χ0n) is 21.0. The lowest BCUT2D eigenvalue weighted by atomic mass is 9.68. The summed E-state index contributed by atoms with van der Waals surface area (Å²) in [4.78, 5) is 27.7. The Bertz CT molecular complexity index is 1250. The van der Waals surface area contributed by atoms with Crippen LogP contribution in [0.15, 0.2) is 46.4 Å². The first kappa shape index (κ1) is 24.1. The molecule has 0 atom stereocenters. The Morgan fingerprint density at radius 1 is 1.06 bits per heavy atom. The Kier molecular flexibility index (Phi) is 5.86. The Morgan fingerprint density at radius 3 is 2.43 bits per heavy atom. The molecule has 184 valence electrons. The van der Waals surface area contributed by atoms with Crippen molar-refractivity contribution < 1.29 is 19.1 Å². The van der Waals surface area contributed by atoms with Crippen LogP contribution in [0.5, 0.6) is 5.75 Å². The molecule has 5 rings (SSSR count). The average molecular weight is 538 g/mol. The van der Waals surface area contributed by atoms with Crippen LogP contribution in [0.25, 0.3) is 5.57 Å². The summed E-state index contributed by atoms with van der Waals surface area (Å²) in [5, 5.41) is 0. The van der Waals surface area contributed by atoms with Crippen molar-refractivity contribution in [1.29, 1.82) is 0 Å². The number of hydrogen-bond acceptors (Lipinski definition) is 4. The van der Waals surface area contributed by atoms with Crippen molar-refractivity contribution in [3.8, 4) is 5.75 Å². The van der Waals surface area contributed by atoms with Crippen molar-refractivity contribution in [1.82, 2.24) is 4.90 Å². The third-order valence-electron chi connectivity index (χ3n) is 7.29. The highest BCUT2D eigenvalue weighted by Crippen LogP contribution is 2.50. The van der Waals surface area contributed by atoms with Crippen LogP contribution < -0.4 is 4.74 Å². The highest BCUT2D eigenvalue weighted by atomic mass is 79.9. The number of hydrogen-bond donors (Lipinski definition) is 0. The number of piperidine rings is 1. The molecule has 3 aliphatic rings. The third-order valence-corrected chi connectivity index (χ3v) is 7.79. The largest absolute Gasteiger partial charge is 0.490 e. The monoisotopic (exact) mass is 537 g/mol. The van der Waals surface area contributed by atoms with Gasteiger partial charge in [-0.1, -0.05) is 35.8 Å². The lowest BCUT2D eigenvalue weighted by Crippen LogP contribution is -2.44. The van der Waals surface area contributed by atoms with Gasteiger partial charge in [-0.2, -0.15) is 0 Å². The molecule has 0 saturated carbocycles. The Labute approximate surface area is 215 Å². The highest BCUT2D eigenvalue weighted by Gasteiger charge is 2.43. The summed E-state index contributed by atoms with van der Waals surface area (Å²) in [5.74, 6) is 0.885. The number of ketones is 1. The van der Waals surface area contributed by atoms with Gasteiger partial charge in [-0.05, 0) is 79.8 Å². The molecule has 1 heterocycles. The quantitative estimate of drug-likeness (QED) is 0.427. The van der Waals surface area contributed by atoms with E-state index >= 15 is 0 Å². The number of carbonyl (C=O) groups excluding carboxylic acids is 2. The molecular weight excluding hydrogens is 506 g/mol. The molecule has 0 N–H and O–H groups in total. The predicted octanol–water partition coefficient (Wildman–Crippen LogP) is 6.71. The number of benzene rings is 2. The summed E-state index contributed by atoms with van der Waals surface area (Å²) in [6.07, 6.45) is 2.04. The maximum absolute atomic E-state index is 13.6. The molecule has 2 aromatic carbocycles. The number of Topliss-reactive ketones (excluding diaryl/α,β-unsaturated/α-hetero) is 1. The van der Waals surface area contributed by atoms with Gasteiger partial charge in [-0.3, -0.25) is 4.79 Å². The molecule has 2 aliphatic carbocycles. The van der Waals surface area contributed by atoms with Crippen LogP contribution in [0.3, 0.4) is 0 Å². The summed E-state index contributed by atoms with van der Waals surface area (Å²) in [6.45, 7) is 11.3. The van der Waals surface area contributed by atoms with E-state index in [0.29, 0.717) is 13.1 Å². The van der Waals surface area contributed by atoms with Crippen LogP contribution in [0.4, 0.5) is 4.79 Å². The van der Waals surface area contributed by atoms with Crippen LogP contribution in [-0.2, 0) is 16.6 Å². The van der Waals surface area contributed by atoms with Crippen LogP contribution in [0, 0.1) is 0 Å². The number of rotatable bonds is 2. The standard InChI is InChI=1S/C29H32BrNO4/c1-28(2,3)35-27(33)31-12-10-19(11-13-31)34-20-7-9-22-23(16-20)29(4,5)24-15-17-14-18(30)6-8-21(17)25(24)26(22)32/h6-9,14,16,19H,10-13,15H2,1-5H3. The van der Waals surface area contributed by atoms with Crippen molar-refractivity contribution in [3.63, 3.8) is 0 Å². The molecule has 35 heavy (non-hydrogen) atoms. The minimum absolute atomic E-state index is 0.0250. The SMILES string of the molecule is CC(C)(C)OC(=O)N1CCC(Oc2ccc3c(c2)C(C)(C)C2=C(C3=O)c3ccc(Br)cc3C2)CC1. The molecule has 1 aliphatic heterocycles. The van der Waals surface area contributed by atoms with Gasteiger partial charge in [0.25, 0.3) is 0 Å². The van der Waals surface area contributed by atoms with Crippen molar-refractivity contribution in [2.45, 2.75) is 71.0 Å². The molecule has 1 fully saturated rings. The second kappa shape index (κ2) is 8.51. The maximum Gasteiger partial charge on any atom is 0.410 e. The first-order valence-corrected chi connectivity index (χ1v) is 13.1. The minimum Gasteiger partial charge on any atom is -0.490 e. The predicted molar refractivity (Wildman–Crippen MR) is 140 cm³/mol. The highest BCUT2D eigenvalue weighted by molar-refractivity contribution is 9.10. The van der Waals surface area contributed by atoms with Gasteiger partial charge in [0.2, 0.25) is 0 Å². The molecule has 0 radical (unpaired) electrons.